The number of benzene rings is 1. The molecule has 0 spiro atoms. The maximum atomic E-state index is 6.21. The minimum absolute atomic E-state index is 0.192. The third kappa shape index (κ3) is 3.59. The Kier molecular flexibility index (Phi) is 5.56. The van der Waals surface area contributed by atoms with Crippen molar-refractivity contribution < 1.29 is 9.47 Å². The highest BCUT2D eigenvalue weighted by molar-refractivity contribution is 6.35. The molecule has 0 aliphatic carbocycles. The number of rotatable bonds is 5. The van der Waals surface area contributed by atoms with Crippen LogP contribution in [0.4, 0.5) is 0 Å². The van der Waals surface area contributed by atoms with E-state index in [4.69, 9.17) is 32.7 Å². The third-order valence-electron chi connectivity index (χ3n) is 3.63. The van der Waals surface area contributed by atoms with Gasteiger partial charge in [0.25, 0.3) is 0 Å². The van der Waals surface area contributed by atoms with Crippen molar-refractivity contribution in [2.75, 3.05) is 20.3 Å². The molecule has 1 aromatic carbocycles. The molecule has 0 amide bonds. The van der Waals surface area contributed by atoms with Gasteiger partial charge >= 0.3 is 0 Å². The largest absolute Gasteiger partial charge is 0.492 e. The van der Waals surface area contributed by atoms with Gasteiger partial charge in [-0.3, -0.25) is 0 Å². The molecule has 0 saturated heterocycles. The van der Waals surface area contributed by atoms with E-state index in [2.05, 4.69) is 19.2 Å². The van der Waals surface area contributed by atoms with Crippen molar-refractivity contribution in [2.24, 2.45) is 5.92 Å². The van der Waals surface area contributed by atoms with Gasteiger partial charge in [-0.15, -0.1) is 0 Å². The van der Waals surface area contributed by atoms with Crippen molar-refractivity contribution in [1.82, 2.24) is 5.32 Å². The van der Waals surface area contributed by atoms with Gasteiger partial charge in [-0.1, -0.05) is 37.0 Å². The summed E-state index contributed by atoms with van der Waals surface area (Å²) in [5, 5.41) is 4.86. The smallest absolute Gasteiger partial charge is 0.142 e. The minimum Gasteiger partial charge on any atom is -0.492 e. The Balaban J connectivity index is 2.23. The first-order chi connectivity index (χ1) is 9.52. The van der Waals surface area contributed by atoms with E-state index in [1.807, 2.05) is 6.07 Å². The normalized spacial score (nSPS) is 19.6. The van der Waals surface area contributed by atoms with Crippen LogP contribution < -0.4 is 10.1 Å². The van der Waals surface area contributed by atoms with E-state index in [9.17, 15) is 0 Å². The molecule has 112 valence electrons. The predicted molar refractivity (Wildman–Crippen MR) is 83.0 cm³/mol. The van der Waals surface area contributed by atoms with Crippen molar-refractivity contribution in [3.05, 3.63) is 27.7 Å². The predicted octanol–water partition coefficient (Wildman–Crippen LogP) is 4.08. The molecule has 1 heterocycles. The SMILES string of the molecule is COCC(NC1CCOc2c(Cl)cc(Cl)cc21)C(C)C. The van der Waals surface area contributed by atoms with Gasteiger partial charge in [0.1, 0.15) is 5.75 Å². The van der Waals surface area contributed by atoms with Crippen LogP contribution in [0.2, 0.25) is 10.0 Å². The van der Waals surface area contributed by atoms with Gasteiger partial charge in [0.05, 0.1) is 18.2 Å². The van der Waals surface area contributed by atoms with Crippen LogP contribution in [0.5, 0.6) is 5.75 Å². The number of methoxy groups -OCH3 is 1. The zero-order chi connectivity index (χ0) is 14.7. The van der Waals surface area contributed by atoms with Gasteiger partial charge in [0.2, 0.25) is 0 Å². The molecule has 5 heteroatoms. The average molecular weight is 318 g/mol. The summed E-state index contributed by atoms with van der Waals surface area (Å²) in [7, 11) is 1.72. The van der Waals surface area contributed by atoms with Gasteiger partial charge in [-0.25, -0.2) is 0 Å². The van der Waals surface area contributed by atoms with Gasteiger partial charge in [-0.2, -0.15) is 0 Å². The van der Waals surface area contributed by atoms with E-state index in [1.54, 1.807) is 13.2 Å². The molecule has 20 heavy (non-hydrogen) atoms. The van der Waals surface area contributed by atoms with Crippen LogP contribution in [0.3, 0.4) is 0 Å². The number of nitrogens with one attached hydrogen (secondary N) is 1. The van der Waals surface area contributed by atoms with Crippen LogP contribution in [-0.4, -0.2) is 26.4 Å². The zero-order valence-electron chi connectivity index (χ0n) is 12.1. The van der Waals surface area contributed by atoms with Crippen LogP contribution >= 0.6 is 23.2 Å². The van der Waals surface area contributed by atoms with Gasteiger partial charge < -0.3 is 14.8 Å². The van der Waals surface area contributed by atoms with E-state index in [1.165, 1.54) is 0 Å². The van der Waals surface area contributed by atoms with Crippen molar-refractivity contribution in [3.63, 3.8) is 0 Å². The van der Waals surface area contributed by atoms with E-state index >= 15 is 0 Å². The highest BCUT2D eigenvalue weighted by Gasteiger charge is 2.27. The fourth-order valence-electron chi connectivity index (χ4n) is 2.47. The molecule has 2 rings (SSSR count). The molecule has 0 bridgehead atoms. The lowest BCUT2D eigenvalue weighted by Gasteiger charge is -2.32. The topological polar surface area (TPSA) is 30.5 Å². The first-order valence-electron chi connectivity index (χ1n) is 6.89. The second-order valence-electron chi connectivity index (χ2n) is 5.47. The van der Waals surface area contributed by atoms with E-state index in [-0.39, 0.29) is 12.1 Å². The van der Waals surface area contributed by atoms with Gasteiger partial charge in [-0.05, 0) is 18.1 Å². The summed E-state index contributed by atoms with van der Waals surface area (Å²) >= 11 is 12.3. The molecule has 2 atom stereocenters. The van der Waals surface area contributed by atoms with Crippen LogP contribution in [-0.2, 0) is 4.74 Å². The Labute approximate surface area is 130 Å². The molecule has 1 N–H and O–H groups in total. The fourth-order valence-corrected chi connectivity index (χ4v) is 3.03. The molecular weight excluding hydrogens is 297 g/mol. The number of halogens is 2. The van der Waals surface area contributed by atoms with E-state index < -0.39 is 0 Å². The third-order valence-corrected chi connectivity index (χ3v) is 4.13. The summed E-state index contributed by atoms with van der Waals surface area (Å²) < 4.78 is 11.0. The number of fused-ring (bicyclic) bond motifs is 1. The Morgan fingerprint density at radius 1 is 1.40 bits per heavy atom. The molecule has 2 unspecified atom stereocenters. The lowest BCUT2D eigenvalue weighted by molar-refractivity contribution is 0.133. The van der Waals surface area contributed by atoms with Gasteiger partial charge in [0.15, 0.2) is 0 Å². The van der Waals surface area contributed by atoms with Crippen molar-refractivity contribution in [2.45, 2.75) is 32.4 Å². The summed E-state index contributed by atoms with van der Waals surface area (Å²) in [5.41, 5.74) is 1.04. The van der Waals surface area contributed by atoms with Crippen LogP contribution in [0.15, 0.2) is 12.1 Å². The average Bonchev–Trinajstić information content (AvgIpc) is 2.38. The molecule has 0 radical (unpaired) electrons. The highest BCUT2D eigenvalue weighted by atomic mass is 35.5. The highest BCUT2D eigenvalue weighted by Crippen LogP contribution is 2.40. The lowest BCUT2D eigenvalue weighted by atomic mass is 9.97. The molecule has 3 nitrogen and oxygen atoms in total. The van der Waals surface area contributed by atoms with Crippen LogP contribution in [0, 0.1) is 5.92 Å². The second-order valence-corrected chi connectivity index (χ2v) is 6.31. The Bertz CT molecular complexity index is 465. The second kappa shape index (κ2) is 6.99. The Hall–Kier alpha value is -0.480. The Morgan fingerprint density at radius 3 is 2.80 bits per heavy atom. The lowest BCUT2D eigenvalue weighted by Crippen LogP contribution is -2.41. The first-order valence-corrected chi connectivity index (χ1v) is 7.65. The molecule has 0 aromatic heterocycles. The summed E-state index contributed by atoms with van der Waals surface area (Å²) in [5.74, 6) is 1.23. The summed E-state index contributed by atoms with van der Waals surface area (Å²) in [6, 6.07) is 4.13. The molecule has 0 saturated carbocycles. The van der Waals surface area contributed by atoms with Crippen LogP contribution in [0.25, 0.3) is 0 Å². The summed E-state index contributed by atoms with van der Waals surface area (Å²) in [4.78, 5) is 0. The standard InChI is InChI=1S/C15H21Cl2NO2/c1-9(2)14(8-19-3)18-13-4-5-20-15-11(13)6-10(16)7-12(15)17/h6-7,9,13-14,18H,4-5,8H2,1-3H3. The molecular formula is C15H21Cl2NO2. The molecule has 0 fully saturated rings. The Morgan fingerprint density at radius 2 is 2.15 bits per heavy atom. The first kappa shape index (κ1) is 15.9. The molecule has 1 aromatic rings. The fraction of sp³-hybridized carbons (Fsp3) is 0.600. The van der Waals surface area contributed by atoms with Crippen molar-refractivity contribution >= 4 is 23.2 Å². The number of hydrogen-bond donors (Lipinski definition) is 1. The summed E-state index contributed by atoms with van der Waals surface area (Å²) in [6.45, 7) is 5.70. The van der Waals surface area contributed by atoms with Gasteiger partial charge in [0, 0.05) is 36.2 Å². The molecule has 1 aliphatic rings. The maximum absolute atomic E-state index is 6.21. The number of ether oxygens (including phenoxy) is 2. The zero-order valence-corrected chi connectivity index (χ0v) is 13.6. The maximum Gasteiger partial charge on any atom is 0.142 e. The van der Waals surface area contributed by atoms with Crippen molar-refractivity contribution in [3.8, 4) is 5.75 Å². The molecule has 1 aliphatic heterocycles. The van der Waals surface area contributed by atoms with E-state index in [0.717, 1.165) is 17.7 Å². The van der Waals surface area contributed by atoms with Crippen molar-refractivity contribution in [1.29, 1.82) is 0 Å². The quantitative estimate of drug-likeness (QED) is 0.887. The number of hydrogen-bond acceptors (Lipinski definition) is 3. The summed E-state index contributed by atoms with van der Waals surface area (Å²) in [6.07, 6.45) is 0.899. The van der Waals surface area contributed by atoms with Crippen LogP contribution in [0.1, 0.15) is 31.9 Å². The minimum atomic E-state index is 0.192. The monoisotopic (exact) mass is 317 g/mol. The van der Waals surface area contributed by atoms with E-state index in [0.29, 0.717) is 29.2 Å².